The van der Waals surface area contributed by atoms with E-state index < -0.39 is 0 Å². The van der Waals surface area contributed by atoms with Gasteiger partial charge < -0.3 is 5.32 Å². The molecule has 0 spiro atoms. The van der Waals surface area contributed by atoms with Crippen LogP contribution in [0.3, 0.4) is 0 Å². The summed E-state index contributed by atoms with van der Waals surface area (Å²) in [7, 11) is 0. The number of aryl methyl sites for hydroxylation is 1. The molecule has 1 aromatic heterocycles. The van der Waals surface area contributed by atoms with Gasteiger partial charge in [0.25, 0.3) is 0 Å². The van der Waals surface area contributed by atoms with Crippen LogP contribution in [0, 0.1) is 5.92 Å². The van der Waals surface area contributed by atoms with Crippen molar-refractivity contribution in [3.63, 3.8) is 0 Å². The molecule has 0 aliphatic carbocycles. The van der Waals surface area contributed by atoms with E-state index in [1.807, 2.05) is 11.8 Å². The molecular formula is C12H23N3S2. The van der Waals surface area contributed by atoms with Crippen LogP contribution in [0.4, 0.5) is 0 Å². The average Bonchev–Trinajstić information content (AvgIpc) is 2.70. The molecule has 17 heavy (non-hydrogen) atoms. The molecule has 0 amide bonds. The predicted octanol–water partition coefficient (Wildman–Crippen LogP) is 3.22. The number of thioether (sulfide) groups is 1. The topological polar surface area (TPSA) is 37.8 Å². The van der Waals surface area contributed by atoms with Gasteiger partial charge in [-0.1, -0.05) is 25.6 Å². The zero-order valence-corrected chi connectivity index (χ0v) is 13.0. The number of nitrogens with zero attached hydrogens (tertiary/aromatic N) is 2. The van der Waals surface area contributed by atoms with Gasteiger partial charge in [0.1, 0.15) is 5.82 Å². The standard InChI is InChI=1S/C12H23N3S2/c1-6-10-14-11(17-15-10)16-8-9(2)7-13-12(3,4)5/h9,13H,6-8H2,1-5H3. The fraction of sp³-hybridized carbons (Fsp3) is 0.833. The second-order valence-electron chi connectivity index (χ2n) is 5.38. The third-order valence-corrected chi connectivity index (χ3v) is 4.44. The van der Waals surface area contributed by atoms with Gasteiger partial charge in [0, 0.05) is 17.7 Å². The lowest BCUT2D eigenvalue weighted by molar-refractivity contribution is 0.395. The van der Waals surface area contributed by atoms with Gasteiger partial charge in [-0.25, -0.2) is 4.98 Å². The van der Waals surface area contributed by atoms with Crippen LogP contribution < -0.4 is 5.32 Å². The Morgan fingerprint density at radius 3 is 2.65 bits per heavy atom. The fourth-order valence-corrected chi connectivity index (χ4v) is 2.93. The minimum atomic E-state index is 0.205. The minimum absolute atomic E-state index is 0.205. The first-order chi connectivity index (χ1) is 7.90. The Labute approximate surface area is 113 Å². The molecule has 1 aromatic rings. The van der Waals surface area contributed by atoms with E-state index >= 15 is 0 Å². The van der Waals surface area contributed by atoms with E-state index in [-0.39, 0.29) is 5.54 Å². The van der Waals surface area contributed by atoms with Crippen molar-refractivity contribution in [1.29, 1.82) is 0 Å². The van der Waals surface area contributed by atoms with Crippen LogP contribution in [0.2, 0.25) is 0 Å². The van der Waals surface area contributed by atoms with Crippen molar-refractivity contribution in [3.8, 4) is 0 Å². The van der Waals surface area contributed by atoms with E-state index in [4.69, 9.17) is 0 Å². The van der Waals surface area contributed by atoms with E-state index in [9.17, 15) is 0 Å². The van der Waals surface area contributed by atoms with E-state index in [2.05, 4.69) is 49.3 Å². The van der Waals surface area contributed by atoms with E-state index in [0.29, 0.717) is 5.92 Å². The van der Waals surface area contributed by atoms with Crippen LogP contribution in [-0.4, -0.2) is 27.2 Å². The average molecular weight is 273 g/mol. The summed E-state index contributed by atoms with van der Waals surface area (Å²) >= 11 is 3.34. The zero-order chi connectivity index (χ0) is 12.9. The molecule has 98 valence electrons. The number of nitrogens with one attached hydrogen (secondary N) is 1. The largest absolute Gasteiger partial charge is 0.312 e. The van der Waals surface area contributed by atoms with Crippen molar-refractivity contribution in [2.75, 3.05) is 12.3 Å². The van der Waals surface area contributed by atoms with E-state index in [1.165, 1.54) is 11.5 Å². The van der Waals surface area contributed by atoms with Gasteiger partial charge in [0.05, 0.1) is 0 Å². The summed E-state index contributed by atoms with van der Waals surface area (Å²) < 4.78 is 5.39. The van der Waals surface area contributed by atoms with Crippen molar-refractivity contribution in [2.45, 2.75) is 50.9 Å². The summed E-state index contributed by atoms with van der Waals surface area (Å²) in [4.78, 5) is 4.46. The Balaban J connectivity index is 2.25. The Hall–Kier alpha value is -0.130. The van der Waals surface area contributed by atoms with Crippen LogP contribution in [0.15, 0.2) is 4.34 Å². The van der Waals surface area contributed by atoms with Crippen LogP contribution in [0.5, 0.6) is 0 Å². The monoisotopic (exact) mass is 273 g/mol. The van der Waals surface area contributed by atoms with E-state index in [1.54, 1.807) is 0 Å². The Kier molecular flexibility index (Phi) is 5.89. The summed E-state index contributed by atoms with van der Waals surface area (Å²) in [6, 6.07) is 0. The molecule has 0 radical (unpaired) electrons. The number of aromatic nitrogens is 2. The van der Waals surface area contributed by atoms with Crippen molar-refractivity contribution < 1.29 is 0 Å². The molecule has 1 atom stereocenters. The van der Waals surface area contributed by atoms with E-state index in [0.717, 1.165) is 28.9 Å². The Morgan fingerprint density at radius 2 is 2.12 bits per heavy atom. The molecule has 3 nitrogen and oxygen atoms in total. The lowest BCUT2D eigenvalue weighted by Crippen LogP contribution is -2.39. The van der Waals surface area contributed by atoms with Gasteiger partial charge in [0.2, 0.25) is 0 Å². The molecule has 0 bridgehead atoms. The molecule has 1 N–H and O–H groups in total. The van der Waals surface area contributed by atoms with Crippen molar-refractivity contribution >= 4 is 23.3 Å². The quantitative estimate of drug-likeness (QED) is 0.808. The number of hydrogen-bond donors (Lipinski definition) is 1. The van der Waals surface area contributed by atoms with Gasteiger partial charge in [-0.2, -0.15) is 4.37 Å². The SMILES string of the molecule is CCc1nsc(SCC(C)CNC(C)(C)C)n1. The zero-order valence-electron chi connectivity index (χ0n) is 11.4. The van der Waals surface area contributed by atoms with Crippen LogP contribution >= 0.6 is 23.3 Å². The van der Waals surface area contributed by atoms with Crippen molar-refractivity contribution in [2.24, 2.45) is 5.92 Å². The first kappa shape index (κ1) is 14.9. The summed E-state index contributed by atoms with van der Waals surface area (Å²) in [5, 5.41) is 3.53. The van der Waals surface area contributed by atoms with Crippen molar-refractivity contribution in [1.82, 2.24) is 14.7 Å². The third-order valence-electron chi connectivity index (χ3n) is 2.24. The smallest absolute Gasteiger partial charge is 0.170 e. The molecular weight excluding hydrogens is 250 g/mol. The van der Waals surface area contributed by atoms with Crippen LogP contribution in [-0.2, 0) is 6.42 Å². The summed E-state index contributed by atoms with van der Waals surface area (Å²) in [6.07, 6.45) is 0.929. The maximum Gasteiger partial charge on any atom is 0.170 e. The molecule has 1 unspecified atom stereocenters. The lowest BCUT2D eigenvalue weighted by atomic mass is 10.1. The lowest BCUT2D eigenvalue weighted by Gasteiger charge is -2.23. The molecule has 0 saturated carbocycles. The first-order valence-electron chi connectivity index (χ1n) is 6.11. The second-order valence-corrected chi connectivity index (χ2v) is 7.40. The molecule has 5 heteroatoms. The highest BCUT2D eigenvalue weighted by molar-refractivity contribution is 8.00. The molecule has 0 fully saturated rings. The third kappa shape index (κ3) is 6.38. The number of hydrogen-bond acceptors (Lipinski definition) is 5. The van der Waals surface area contributed by atoms with Crippen molar-refractivity contribution in [3.05, 3.63) is 5.82 Å². The summed E-state index contributed by atoms with van der Waals surface area (Å²) in [6.45, 7) is 12.0. The van der Waals surface area contributed by atoms with Gasteiger partial charge in [-0.3, -0.25) is 0 Å². The Morgan fingerprint density at radius 1 is 1.41 bits per heavy atom. The minimum Gasteiger partial charge on any atom is -0.312 e. The maximum atomic E-state index is 4.46. The highest BCUT2D eigenvalue weighted by Crippen LogP contribution is 2.22. The molecule has 0 saturated heterocycles. The molecule has 1 heterocycles. The molecule has 0 aliphatic rings. The van der Waals surface area contributed by atoms with Gasteiger partial charge >= 0.3 is 0 Å². The van der Waals surface area contributed by atoms with Crippen LogP contribution in [0.1, 0.15) is 40.4 Å². The predicted molar refractivity (Wildman–Crippen MR) is 76.9 cm³/mol. The molecule has 1 rings (SSSR count). The number of rotatable bonds is 6. The molecule has 0 aliphatic heterocycles. The van der Waals surface area contributed by atoms with Gasteiger partial charge in [0.15, 0.2) is 4.34 Å². The maximum absolute atomic E-state index is 4.46. The Bertz CT molecular complexity index is 331. The highest BCUT2D eigenvalue weighted by atomic mass is 32.2. The normalized spacial score (nSPS) is 13.9. The summed E-state index contributed by atoms with van der Waals surface area (Å²) in [5.74, 6) is 2.72. The second kappa shape index (κ2) is 6.71. The summed E-state index contributed by atoms with van der Waals surface area (Å²) in [5.41, 5.74) is 0.205. The highest BCUT2D eigenvalue weighted by Gasteiger charge is 2.12. The first-order valence-corrected chi connectivity index (χ1v) is 7.87. The van der Waals surface area contributed by atoms with Gasteiger partial charge in [-0.15, -0.1) is 0 Å². The van der Waals surface area contributed by atoms with Gasteiger partial charge in [-0.05, 0) is 44.8 Å². The molecule has 0 aromatic carbocycles. The van der Waals surface area contributed by atoms with Crippen LogP contribution in [0.25, 0.3) is 0 Å². The fourth-order valence-electron chi connectivity index (χ4n) is 1.19.